The average Bonchev–Trinajstić information content (AvgIpc) is 3.09. The summed E-state index contributed by atoms with van der Waals surface area (Å²) in [6, 6.07) is 7.19. The predicted octanol–water partition coefficient (Wildman–Crippen LogP) is 2.97. The summed E-state index contributed by atoms with van der Waals surface area (Å²) in [7, 11) is 0. The molecule has 3 rings (SSSR count). The summed E-state index contributed by atoms with van der Waals surface area (Å²) in [6.45, 7) is 3.79. The van der Waals surface area contributed by atoms with Gasteiger partial charge >= 0.3 is 5.97 Å². The molecule has 24 heavy (non-hydrogen) atoms. The van der Waals surface area contributed by atoms with E-state index in [9.17, 15) is 9.59 Å². The molecule has 1 N–H and O–H groups in total. The van der Waals surface area contributed by atoms with E-state index in [-0.39, 0.29) is 17.2 Å². The second kappa shape index (κ2) is 6.78. The van der Waals surface area contributed by atoms with Gasteiger partial charge in [-0.2, -0.15) is 0 Å². The van der Waals surface area contributed by atoms with Gasteiger partial charge in [-0.25, -0.2) is 4.79 Å². The number of aromatic carboxylic acids is 1. The Hall–Kier alpha value is -2.76. The maximum Gasteiger partial charge on any atom is 0.338 e. The van der Waals surface area contributed by atoms with Gasteiger partial charge in [0.1, 0.15) is 12.0 Å². The van der Waals surface area contributed by atoms with Crippen LogP contribution in [-0.4, -0.2) is 35.0 Å². The molecule has 0 unspecified atom stereocenters. The first kappa shape index (κ1) is 16.1. The largest absolute Gasteiger partial charge is 0.494 e. The minimum Gasteiger partial charge on any atom is -0.494 e. The van der Waals surface area contributed by atoms with Crippen molar-refractivity contribution in [3.63, 3.8) is 0 Å². The molecule has 1 aliphatic rings. The van der Waals surface area contributed by atoms with Crippen LogP contribution < -0.4 is 4.74 Å². The molecule has 0 aliphatic carbocycles. The van der Waals surface area contributed by atoms with Crippen molar-refractivity contribution >= 4 is 11.9 Å². The Morgan fingerprint density at radius 2 is 2.12 bits per heavy atom. The van der Waals surface area contributed by atoms with E-state index in [4.69, 9.17) is 14.3 Å². The molecule has 2 heterocycles. The van der Waals surface area contributed by atoms with Crippen LogP contribution in [-0.2, 0) is 13.0 Å². The first-order valence-corrected chi connectivity index (χ1v) is 7.94. The van der Waals surface area contributed by atoms with Crippen molar-refractivity contribution < 1.29 is 23.8 Å². The monoisotopic (exact) mass is 329 g/mol. The lowest BCUT2D eigenvalue weighted by Crippen LogP contribution is -2.35. The van der Waals surface area contributed by atoms with Crippen LogP contribution in [0, 0.1) is 0 Å². The lowest BCUT2D eigenvalue weighted by molar-refractivity contribution is 0.0690. The predicted molar refractivity (Wildman–Crippen MR) is 86.3 cm³/mol. The molecule has 0 bridgehead atoms. The molecule has 1 aliphatic heterocycles. The van der Waals surface area contributed by atoms with Crippen molar-refractivity contribution in [3.8, 4) is 5.75 Å². The Labute approximate surface area is 139 Å². The molecule has 0 saturated heterocycles. The molecule has 6 heteroatoms. The molecule has 126 valence electrons. The van der Waals surface area contributed by atoms with Crippen LogP contribution in [0.15, 0.2) is 34.9 Å². The van der Waals surface area contributed by atoms with Gasteiger partial charge < -0.3 is 19.2 Å². The van der Waals surface area contributed by atoms with Crippen molar-refractivity contribution in [1.29, 1.82) is 0 Å². The molecule has 1 aromatic heterocycles. The highest BCUT2D eigenvalue weighted by Gasteiger charge is 2.25. The van der Waals surface area contributed by atoms with E-state index >= 15 is 0 Å². The smallest absolute Gasteiger partial charge is 0.338 e. The van der Waals surface area contributed by atoms with E-state index in [2.05, 4.69) is 6.92 Å². The lowest BCUT2D eigenvalue weighted by Gasteiger charge is -2.28. The summed E-state index contributed by atoms with van der Waals surface area (Å²) in [5.41, 5.74) is 2.23. The molecule has 0 atom stereocenters. The van der Waals surface area contributed by atoms with Crippen molar-refractivity contribution in [2.24, 2.45) is 0 Å². The summed E-state index contributed by atoms with van der Waals surface area (Å²) in [5.74, 6) is -0.493. The van der Waals surface area contributed by atoms with E-state index < -0.39 is 5.97 Å². The van der Waals surface area contributed by atoms with Crippen molar-refractivity contribution in [3.05, 3.63) is 53.0 Å². The van der Waals surface area contributed by atoms with E-state index in [1.165, 1.54) is 11.6 Å². The highest BCUT2D eigenvalue weighted by atomic mass is 16.5. The molecule has 1 amide bonds. The lowest BCUT2D eigenvalue weighted by atomic mass is 9.99. The molecule has 2 aromatic rings. The van der Waals surface area contributed by atoms with Crippen LogP contribution in [0.3, 0.4) is 0 Å². The van der Waals surface area contributed by atoms with Gasteiger partial charge in [-0.05, 0) is 36.1 Å². The van der Waals surface area contributed by atoms with Crippen LogP contribution in [0.25, 0.3) is 0 Å². The summed E-state index contributed by atoms with van der Waals surface area (Å²) in [5, 5.41) is 8.91. The third-order valence-electron chi connectivity index (χ3n) is 4.01. The number of carbonyl (C=O) groups excluding carboxylic acids is 1. The average molecular weight is 329 g/mol. The molecule has 0 fully saturated rings. The van der Waals surface area contributed by atoms with E-state index in [1.807, 2.05) is 18.2 Å². The zero-order valence-corrected chi connectivity index (χ0v) is 13.4. The van der Waals surface area contributed by atoms with Gasteiger partial charge in [-0.1, -0.05) is 13.0 Å². The van der Waals surface area contributed by atoms with Crippen LogP contribution in [0.4, 0.5) is 0 Å². The Kier molecular flexibility index (Phi) is 4.55. The molecule has 1 aromatic carbocycles. The van der Waals surface area contributed by atoms with Gasteiger partial charge in [0.05, 0.1) is 12.2 Å². The highest BCUT2D eigenvalue weighted by molar-refractivity contribution is 5.95. The zero-order valence-electron chi connectivity index (χ0n) is 13.4. The fraction of sp³-hybridized carbons (Fsp3) is 0.333. The second-order valence-electron chi connectivity index (χ2n) is 5.76. The number of ether oxygens (including phenoxy) is 1. The van der Waals surface area contributed by atoms with Crippen LogP contribution >= 0.6 is 0 Å². The number of furan rings is 1. The SMILES string of the molecule is CCCOc1ccc2c(c1)CCN(C(=O)c1cc(C(=O)O)co1)C2. The van der Waals surface area contributed by atoms with Gasteiger partial charge in [0.15, 0.2) is 5.76 Å². The summed E-state index contributed by atoms with van der Waals surface area (Å²) in [4.78, 5) is 25.0. The van der Waals surface area contributed by atoms with Crippen molar-refractivity contribution in [2.45, 2.75) is 26.3 Å². The molecule has 6 nitrogen and oxygen atoms in total. The number of carboxylic acid groups (broad SMARTS) is 1. The standard InChI is InChI=1S/C18H19NO5/c1-2-7-23-15-4-3-13-10-19(6-5-12(13)8-15)17(20)16-9-14(11-24-16)18(21)22/h3-4,8-9,11H,2,5-7,10H2,1H3,(H,21,22). The van der Waals surface area contributed by atoms with Crippen LogP contribution in [0.2, 0.25) is 0 Å². The number of benzene rings is 1. The number of fused-ring (bicyclic) bond motifs is 1. The number of carboxylic acids is 1. The minimum absolute atomic E-state index is 0.0199. The quantitative estimate of drug-likeness (QED) is 0.912. The summed E-state index contributed by atoms with van der Waals surface area (Å²) >= 11 is 0. The van der Waals surface area contributed by atoms with Crippen molar-refractivity contribution in [1.82, 2.24) is 4.90 Å². The number of carbonyl (C=O) groups is 2. The summed E-state index contributed by atoms with van der Waals surface area (Å²) < 4.78 is 10.7. The Bertz CT molecular complexity index is 765. The second-order valence-corrected chi connectivity index (χ2v) is 5.76. The summed E-state index contributed by atoms with van der Waals surface area (Å²) in [6.07, 6.45) is 2.78. The van der Waals surface area contributed by atoms with Crippen molar-refractivity contribution in [2.75, 3.05) is 13.2 Å². The van der Waals surface area contributed by atoms with Gasteiger partial charge in [-0.15, -0.1) is 0 Å². The van der Waals surface area contributed by atoms with Gasteiger partial charge in [0.25, 0.3) is 5.91 Å². The number of hydrogen-bond acceptors (Lipinski definition) is 4. The molecular formula is C18H19NO5. The minimum atomic E-state index is -1.11. The number of rotatable bonds is 5. The Morgan fingerprint density at radius 1 is 1.29 bits per heavy atom. The van der Waals surface area contributed by atoms with Gasteiger partial charge in [-0.3, -0.25) is 4.79 Å². The van der Waals surface area contributed by atoms with E-state index in [1.54, 1.807) is 4.90 Å². The van der Waals surface area contributed by atoms with Crippen LogP contribution in [0.5, 0.6) is 5.75 Å². The maximum absolute atomic E-state index is 12.5. The number of hydrogen-bond donors (Lipinski definition) is 1. The first-order chi connectivity index (χ1) is 11.6. The fourth-order valence-corrected chi connectivity index (χ4v) is 2.73. The number of amides is 1. The molecule has 0 saturated carbocycles. The van der Waals surface area contributed by atoms with E-state index in [0.29, 0.717) is 19.7 Å². The molecule has 0 spiro atoms. The fourth-order valence-electron chi connectivity index (χ4n) is 2.73. The maximum atomic E-state index is 12.5. The zero-order chi connectivity index (χ0) is 17.1. The van der Waals surface area contributed by atoms with Gasteiger partial charge in [0.2, 0.25) is 0 Å². The van der Waals surface area contributed by atoms with Crippen LogP contribution in [0.1, 0.15) is 45.4 Å². The molecular weight excluding hydrogens is 310 g/mol. The van der Waals surface area contributed by atoms with Gasteiger partial charge in [0, 0.05) is 19.2 Å². The molecule has 0 radical (unpaired) electrons. The van der Waals surface area contributed by atoms with E-state index in [0.717, 1.165) is 30.4 Å². The highest BCUT2D eigenvalue weighted by Crippen LogP contribution is 2.25. The first-order valence-electron chi connectivity index (χ1n) is 7.94. The number of nitrogens with zero attached hydrogens (tertiary/aromatic N) is 1. The third-order valence-corrected chi connectivity index (χ3v) is 4.01. The third kappa shape index (κ3) is 3.27. The Morgan fingerprint density at radius 3 is 2.83 bits per heavy atom. The normalized spacial score (nSPS) is 13.5. The Balaban J connectivity index is 1.72. The topological polar surface area (TPSA) is 80.0 Å².